The predicted octanol–water partition coefficient (Wildman–Crippen LogP) is 4.13. The fraction of sp³-hybridized carbons (Fsp3) is 0.0769. The summed E-state index contributed by atoms with van der Waals surface area (Å²) in [4.78, 5) is 0.529. The van der Waals surface area contributed by atoms with Gasteiger partial charge >= 0.3 is 0 Å². The smallest absolute Gasteiger partial charge is 0.128 e. The highest BCUT2D eigenvalue weighted by Gasteiger charge is 2.10. The van der Waals surface area contributed by atoms with Gasteiger partial charge in [-0.15, -0.1) is 0 Å². The van der Waals surface area contributed by atoms with Crippen LogP contribution < -0.4 is 5.73 Å². The van der Waals surface area contributed by atoms with Crippen LogP contribution in [0.2, 0.25) is 5.02 Å². The third-order valence-corrected chi connectivity index (χ3v) is 4.71. The lowest BCUT2D eigenvalue weighted by Crippen LogP contribution is -2.00. The predicted molar refractivity (Wildman–Crippen MR) is 80.1 cm³/mol. The number of benzene rings is 2. The molecule has 1 unspecified atom stereocenters. The van der Waals surface area contributed by atoms with Gasteiger partial charge in [0.25, 0.3) is 0 Å². The summed E-state index contributed by atoms with van der Waals surface area (Å²) in [5, 5.41) is 0.349. The lowest BCUT2D eigenvalue weighted by Gasteiger charge is -2.06. The minimum Gasteiger partial charge on any atom is -0.398 e. The number of hydrogen-bond donors (Lipinski definition) is 1. The summed E-state index contributed by atoms with van der Waals surface area (Å²) in [5.74, 6) is -0.288. The first kappa shape index (κ1) is 14.5. The van der Waals surface area contributed by atoms with E-state index in [-0.39, 0.29) is 11.6 Å². The molecule has 0 saturated heterocycles. The SMILES string of the molecule is Nc1ccc(S(=O)Cc2ccc(Br)cc2F)cc1Cl. The van der Waals surface area contributed by atoms with Gasteiger partial charge in [-0.3, -0.25) is 4.21 Å². The van der Waals surface area contributed by atoms with Crippen molar-refractivity contribution in [2.24, 2.45) is 0 Å². The van der Waals surface area contributed by atoms with Gasteiger partial charge in [0.05, 0.1) is 27.3 Å². The molecule has 2 aromatic carbocycles. The normalized spacial score (nSPS) is 12.4. The maximum atomic E-state index is 13.7. The van der Waals surface area contributed by atoms with Gasteiger partial charge in [0, 0.05) is 14.9 Å². The van der Waals surface area contributed by atoms with Crippen LogP contribution in [0, 0.1) is 5.82 Å². The topological polar surface area (TPSA) is 43.1 Å². The van der Waals surface area contributed by atoms with E-state index in [0.29, 0.717) is 25.6 Å². The highest BCUT2D eigenvalue weighted by Crippen LogP contribution is 2.24. The molecule has 0 radical (unpaired) electrons. The van der Waals surface area contributed by atoms with E-state index in [4.69, 9.17) is 17.3 Å². The van der Waals surface area contributed by atoms with Gasteiger partial charge in [0.1, 0.15) is 5.82 Å². The molecule has 2 N–H and O–H groups in total. The molecule has 0 amide bonds. The molecule has 0 bridgehead atoms. The quantitative estimate of drug-likeness (QED) is 0.834. The van der Waals surface area contributed by atoms with Crippen molar-refractivity contribution in [2.45, 2.75) is 10.6 Å². The summed E-state index contributed by atoms with van der Waals surface area (Å²) in [7, 11) is -1.37. The third-order valence-electron chi connectivity index (χ3n) is 2.54. The molecular formula is C13H10BrClFNOS. The summed E-state index contributed by atoms with van der Waals surface area (Å²) in [6, 6.07) is 9.44. The van der Waals surface area contributed by atoms with Crippen LogP contribution in [0.3, 0.4) is 0 Å². The lowest BCUT2D eigenvalue weighted by molar-refractivity contribution is 0.614. The number of halogens is 3. The highest BCUT2D eigenvalue weighted by atomic mass is 79.9. The molecule has 2 nitrogen and oxygen atoms in total. The van der Waals surface area contributed by atoms with Gasteiger partial charge in [0.2, 0.25) is 0 Å². The second-order valence-corrected chi connectivity index (χ2v) is 6.68. The van der Waals surface area contributed by atoms with Crippen molar-refractivity contribution in [1.82, 2.24) is 0 Å². The van der Waals surface area contributed by atoms with Crippen LogP contribution in [0.25, 0.3) is 0 Å². The van der Waals surface area contributed by atoms with Crippen molar-refractivity contribution in [3.8, 4) is 0 Å². The van der Waals surface area contributed by atoms with Crippen LogP contribution in [-0.2, 0) is 16.6 Å². The van der Waals surface area contributed by atoms with E-state index < -0.39 is 10.8 Å². The van der Waals surface area contributed by atoms with Crippen LogP contribution in [0.4, 0.5) is 10.1 Å². The summed E-state index contributed by atoms with van der Waals surface area (Å²) < 4.78 is 26.5. The Labute approximate surface area is 126 Å². The largest absolute Gasteiger partial charge is 0.398 e. The lowest BCUT2D eigenvalue weighted by atomic mass is 10.2. The van der Waals surface area contributed by atoms with Crippen molar-refractivity contribution in [2.75, 3.05) is 5.73 Å². The maximum Gasteiger partial charge on any atom is 0.128 e. The number of anilines is 1. The van der Waals surface area contributed by atoms with E-state index in [2.05, 4.69) is 15.9 Å². The Hall–Kier alpha value is -0.910. The second kappa shape index (κ2) is 6.03. The average molecular weight is 363 g/mol. The Balaban J connectivity index is 2.23. The molecular weight excluding hydrogens is 353 g/mol. The molecule has 19 heavy (non-hydrogen) atoms. The van der Waals surface area contributed by atoms with Gasteiger partial charge in [-0.05, 0) is 30.3 Å². The average Bonchev–Trinajstić information content (AvgIpc) is 2.36. The Morgan fingerprint density at radius 2 is 2.00 bits per heavy atom. The first-order valence-electron chi connectivity index (χ1n) is 5.34. The van der Waals surface area contributed by atoms with Crippen LogP contribution in [-0.4, -0.2) is 4.21 Å². The summed E-state index contributed by atoms with van der Waals surface area (Å²) in [5.41, 5.74) is 6.41. The standard InChI is InChI=1S/C13H10BrClFNOS/c14-9-2-1-8(12(16)5-9)7-19(18)10-3-4-13(17)11(15)6-10/h1-6H,7,17H2. The molecule has 0 aliphatic carbocycles. The van der Waals surface area contributed by atoms with Gasteiger partial charge in [-0.2, -0.15) is 0 Å². The molecule has 2 aromatic rings. The summed E-state index contributed by atoms with van der Waals surface area (Å²) >= 11 is 9.05. The summed E-state index contributed by atoms with van der Waals surface area (Å²) in [6.07, 6.45) is 0. The van der Waals surface area contributed by atoms with Crippen molar-refractivity contribution >= 4 is 44.0 Å². The zero-order valence-corrected chi connectivity index (χ0v) is 12.9. The minimum absolute atomic E-state index is 0.0966. The molecule has 0 spiro atoms. The van der Waals surface area contributed by atoms with E-state index in [9.17, 15) is 8.60 Å². The molecule has 6 heteroatoms. The Morgan fingerprint density at radius 3 is 2.63 bits per heavy atom. The van der Waals surface area contributed by atoms with E-state index in [1.165, 1.54) is 6.07 Å². The van der Waals surface area contributed by atoms with E-state index in [0.717, 1.165) is 0 Å². The second-order valence-electron chi connectivity index (χ2n) is 3.91. The van der Waals surface area contributed by atoms with E-state index >= 15 is 0 Å². The summed E-state index contributed by atoms with van der Waals surface area (Å²) in [6.45, 7) is 0. The number of nitrogen functional groups attached to an aromatic ring is 1. The molecule has 0 aliphatic heterocycles. The maximum absolute atomic E-state index is 13.7. The zero-order valence-electron chi connectivity index (χ0n) is 9.70. The molecule has 0 aliphatic rings. The Kier molecular flexibility index (Phi) is 4.60. The third kappa shape index (κ3) is 3.55. The first-order chi connectivity index (χ1) is 8.97. The van der Waals surface area contributed by atoms with Crippen molar-refractivity contribution < 1.29 is 8.60 Å². The van der Waals surface area contributed by atoms with Gasteiger partial charge in [-0.1, -0.05) is 33.6 Å². The van der Waals surface area contributed by atoms with Crippen LogP contribution in [0.1, 0.15) is 5.56 Å². The highest BCUT2D eigenvalue weighted by molar-refractivity contribution is 9.10. The molecule has 0 fully saturated rings. The zero-order chi connectivity index (χ0) is 14.0. The van der Waals surface area contributed by atoms with Crippen molar-refractivity contribution in [3.63, 3.8) is 0 Å². The van der Waals surface area contributed by atoms with Crippen LogP contribution in [0.5, 0.6) is 0 Å². The molecule has 100 valence electrons. The molecule has 0 heterocycles. The molecule has 2 rings (SSSR count). The number of nitrogens with two attached hydrogens (primary N) is 1. The molecule has 0 saturated carbocycles. The minimum atomic E-state index is -1.37. The van der Waals surface area contributed by atoms with E-state index in [1.807, 2.05) is 0 Å². The first-order valence-corrected chi connectivity index (χ1v) is 7.83. The van der Waals surface area contributed by atoms with Crippen molar-refractivity contribution in [1.29, 1.82) is 0 Å². The Bertz CT molecular complexity index is 651. The monoisotopic (exact) mass is 361 g/mol. The van der Waals surface area contributed by atoms with Gasteiger partial charge < -0.3 is 5.73 Å². The fourth-order valence-corrected chi connectivity index (χ4v) is 3.24. The molecule has 1 atom stereocenters. The molecule has 0 aromatic heterocycles. The van der Waals surface area contributed by atoms with Gasteiger partial charge in [0.15, 0.2) is 0 Å². The van der Waals surface area contributed by atoms with Crippen LogP contribution in [0.15, 0.2) is 45.8 Å². The van der Waals surface area contributed by atoms with Gasteiger partial charge in [-0.25, -0.2) is 4.39 Å². The Morgan fingerprint density at radius 1 is 1.26 bits per heavy atom. The van der Waals surface area contributed by atoms with Crippen LogP contribution >= 0.6 is 27.5 Å². The number of rotatable bonds is 3. The van der Waals surface area contributed by atoms with Crippen molar-refractivity contribution in [3.05, 3.63) is 57.3 Å². The van der Waals surface area contributed by atoms with E-state index in [1.54, 1.807) is 30.3 Å². The number of hydrogen-bond acceptors (Lipinski definition) is 2. The fourth-order valence-electron chi connectivity index (χ4n) is 1.51.